The molecule has 0 unspecified atom stereocenters. The number of rotatable bonds is 15. The molecule has 1 aromatic rings. The van der Waals surface area contributed by atoms with Crippen LogP contribution in [0.2, 0.25) is 0 Å². The third-order valence-electron chi connectivity index (χ3n) is 8.92. The van der Waals surface area contributed by atoms with Crippen LogP contribution in [0.5, 0.6) is 0 Å². The maximum atomic E-state index is 4.80. The highest BCUT2D eigenvalue weighted by molar-refractivity contribution is 5.08. The van der Waals surface area contributed by atoms with Gasteiger partial charge in [0.25, 0.3) is 0 Å². The Morgan fingerprint density at radius 2 is 1.06 bits per heavy atom. The molecule has 0 radical (unpaired) electrons. The highest BCUT2D eigenvalue weighted by atomic mass is 14.9. The van der Waals surface area contributed by atoms with Crippen LogP contribution in [-0.2, 0) is 6.42 Å². The molecule has 1 aromatic heterocycles. The third-order valence-corrected chi connectivity index (χ3v) is 8.92. The van der Waals surface area contributed by atoms with E-state index < -0.39 is 0 Å². The number of unbranched alkanes of at least 4 members (excludes halogenated alkanes) is 7. The standard InChI is InChI=1S/C31H54N2/c1-3-5-7-8-9-10-11-13-29-24-32-31(33-25-29)30-22-20-28(21-23-30)19-18-27-16-14-26(15-17-27)12-6-4-2/h24-28,30H,3-23H2,1-2H3. The van der Waals surface area contributed by atoms with Crippen molar-refractivity contribution in [2.45, 2.75) is 155 Å². The molecule has 0 spiro atoms. The summed E-state index contributed by atoms with van der Waals surface area (Å²) in [5.41, 5.74) is 1.34. The van der Waals surface area contributed by atoms with Gasteiger partial charge >= 0.3 is 0 Å². The van der Waals surface area contributed by atoms with E-state index in [1.54, 1.807) is 0 Å². The molecule has 0 bridgehead atoms. The molecule has 2 aliphatic carbocycles. The maximum Gasteiger partial charge on any atom is 0.131 e. The van der Waals surface area contributed by atoms with Gasteiger partial charge in [0.1, 0.15) is 5.82 Å². The lowest BCUT2D eigenvalue weighted by Crippen LogP contribution is -2.18. The van der Waals surface area contributed by atoms with Crippen LogP contribution < -0.4 is 0 Å². The Bertz CT molecular complexity index is 594. The average Bonchev–Trinajstić information content (AvgIpc) is 2.87. The van der Waals surface area contributed by atoms with Crippen molar-refractivity contribution in [3.8, 4) is 0 Å². The summed E-state index contributed by atoms with van der Waals surface area (Å²) in [6.07, 6.45) is 33.8. The van der Waals surface area contributed by atoms with Gasteiger partial charge < -0.3 is 0 Å². The Morgan fingerprint density at radius 3 is 1.64 bits per heavy atom. The van der Waals surface area contributed by atoms with E-state index in [9.17, 15) is 0 Å². The Balaban J connectivity index is 1.26. The summed E-state index contributed by atoms with van der Waals surface area (Å²) in [5.74, 6) is 4.80. The third kappa shape index (κ3) is 10.1. The van der Waals surface area contributed by atoms with Crippen LogP contribution in [0, 0.1) is 17.8 Å². The van der Waals surface area contributed by atoms with Crippen LogP contribution in [0.15, 0.2) is 12.4 Å². The molecule has 188 valence electrons. The van der Waals surface area contributed by atoms with Crippen molar-refractivity contribution in [2.24, 2.45) is 17.8 Å². The fraction of sp³-hybridized carbons (Fsp3) is 0.871. The first-order chi connectivity index (χ1) is 16.3. The number of hydrogen-bond donors (Lipinski definition) is 0. The molecular formula is C31H54N2. The first-order valence-corrected chi connectivity index (χ1v) is 15.1. The fourth-order valence-electron chi connectivity index (χ4n) is 6.47. The zero-order valence-corrected chi connectivity index (χ0v) is 22.2. The van der Waals surface area contributed by atoms with Crippen molar-refractivity contribution in [1.82, 2.24) is 9.97 Å². The smallest absolute Gasteiger partial charge is 0.131 e. The van der Waals surface area contributed by atoms with E-state index >= 15 is 0 Å². The lowest BCUT2D eigenvalue weighted by molar-refractivity contribution is 0.222. The van der Waals surface area contributed by atoms with Gasteiger partial charge in [0.15, 0.2) is 0 Å². The molecule has 3 rings (SSSR count). The van der Waals surface area contributed by atoms with Crippen LogP contribution in [-0.4, -0.2) is 9.97 Å². The molecule has 0 N–H and O–H groups in total. The van der Waals surface area contributed by atoms with Gasteiger partial charge in [-0.3, -0.25) is 0 Å². The fourth-order valence-corrected chi connectivity index (χ4v) is 6.47. The van der Waals surface area contributed by atoms with E-state index in [2.05, 4.69) is 26.2 Å². The zero-order valence-electron chi connectivity index (χ0n) is 22.2. The van der Waals surface area contributed by atoms with Gasteiger partial charge in [-0.1, -0.05) is 110 Å². The van der Waals surface area contributed by atoms with Crippen molar-refractivity contribution in [3.63, 3.8) is 0 Å². The van der Waals surface area contributed by atoms with Crippen LogP contribution in [0.25, 0.3) is 0 Å². The van der Waals surface area contributed by atoms with Crippen molar-refractivity contribution < 1.29 is 0 Å². The minimum Gasteiger partial charge on any atom is -0.241 e. The predicted molar refractivity (Wildman–Crippen MR) is 143 cm³/mol. The summed E-state index contributed by atoms with van der Waals surface area (Å²) in [4.78, 5) is 9.61. The summed E-state index contributed by atoms with van der Waals surface area (Å²) in [6, 6.07) is 0. The predicted octanol–water partition coefficient (Wildman–Crippen LogP) is 9.82. The largest absolute Gasteiger partial charge is 0.241 e. The summed E-state index contributed by atoms with van der Waals surface area (Å²) < 4.78 is 0. The second-order valence-electron chi connectivity index (χ2n) is 11.6. The Morgan fingerprint density at radius 1 is 0.576 bits per heavy atom. The van der Waals surface area contributed by atoms with Crippen molar-refractivity contribution >= 4 is 0 Å². The van der Waals surface area contributed by atoms with E-state index in [0.717, 1.165) is 30.0 Å². The maximum absolute atomic E-state index is 4.80. The molecule has 2 saturated carbocycles. The first kappa shape index (κ1) is 26.7. The van der Waals surface area contributed by atoms with Gasteiger partial charge in [-0.2, -0.15) is 0 Å². The first-order valence-electron chi connectivity index (χ1n) is 15.1. The minimum atomic E-state index is 0.614. The van der Waals surface area contributed by atoms with Gasteiger partial charge in [-0.05, 0) is 61.8 Å². The normalized spacial score (nSPS) is 25.9. The van der Waals surface area contributed by atoms with Crippen molar-refractivity contribution in [3.05, 3.63) is 23.8 Å². The molecule has 0 aliphatic heterocycles. The van der Waals surface area contributed by atoms with Crippen molar-refractivity contribution in [2.75, 3.05) is 0 Å². The summed E-state index contributed by atoms with van der Waals surface area (Å²) in [5, 5.41) is 0. The summed E-state index contributed by atoms with van der Waals surface area (Å²) >= 11 is 0. The molecule has 33 heavy (non-hydrogen) atoms. The molecule has 0 saturated heterocycles. The van der Waals surface area contributed by atoms with E-state index in [1.165, 1.54) is 134 Å². The molecule has 0 aromatic carbocycles. The molecular weight excluding hydrogens is 400 g/mol. The van der Waals surface area contributed by atoms with Crippen LogP contribution in [0.1, 0.15) is 160 Å². The van der Waals surface area contributed by atoms with Gasteiger partial charge in [0, 0.05) is 18.3 Å². The molecule has 2 fully saturated rings. The van der Waals surface area contributed by atoms with Crippen LogP contribution >= 0.6 is 0 Å². The number of hydrogen-bond acceptors (Lipinski definition) is 2. The van der Waals surface area contributed by atoms with Crippen LogP contribution in [0.4, 0.5) is 0 Å². The lowest BCUT2D eigenvalue weighted by Gasteiger charge is -2.31. The zero-order chi connectivity index (χ0) is 23.1. The van der Waals surface area contributed by atoms with Crippen molar-refractivity contribution in [1.29, 1.82) is 0 Å². The molecule has 0 amide bonds. The van der Waals surface area contributed by atoms with Gasteiger partial charge in [0.05, 0.1) is 0 Å². The van der Waals surface area contributed by atoms with Gasteiger partial charge in [-0.25, -0.2) is 9.97 Å². The Hall–Kier alpha value is -0.920. The molecule has 0 atom stereocenters. The number of nitrogens with zero attached hydrogens (tertiary/aromatic N) is 2. The molecule has 2 nitrogen and oxygen atoms in total. The average molecular weight is 455 g/mol. The lowest BCUT2D eigenvalue weighted by atomic mass is 9.75. The number of aromatic nitrogens is 2. The van der Waals surface area contributed by atoms with E-state index in [4.69, 9.17) is 9.97 Å². The monoisotopic (exact) mass is 454 g/mol. The second-order valence-corrected chi connectivity index (χ2v) is 11.6. The van der Waals surface area contributed by atoms with E-state index in [0.29, 0.717) is 5.92 Å². The highest BCUT2D eigenvalue weighted by Gasteiger charge is 2.26. The quantitative estimate of drug-likeness (QED) is 0.246. The van der Waals surface area contributed by atoms with E-state index in [-0.39, 0.29) is 0 Å². The highest BCUT2D eigenvalue weighted by Crippen LogP contribution is 2.39. The molecule has 2 heteroatoms. The number of aryl methyl sites for hydroxylation is 1. The molecule has 2 aliphatic rings. The van der Waals surface area contributed by atoms with Crippen LogP contribution in [0.3, 0.4) is 0 Å². The Labute approximate surface area is 206 Å². The summed E-state index contributed by atoms with van der Waals surface area (Å²) in [6.45, 7) is 4.62. The summed E-state index contributed by atoms with van der Waals surface area (Å²) in [7, 11) is 0. The van der Waals surface area contributed by atoms with E-state index in [1.807, 2.05) is 0 Å². The van der Waals surface area contributed by atoms with Gasteiger partial charge in [0.2, 0.25) is 0 Å². The van der Waals surface area contributed by atoms with Gasteiger partial charge in [-0.15, -0.1) is 0 Å². The minimum absolute atomic E-state index is 0.614. The second kappa shape index (κ2) is 15.9. The topological polar surface area (TPSA) is 25.8 Å². The Kier molecular flexibility index (Phi) is 12.8. The molecule has 1 heterocycles. The SMILES string of the molecule is CCCCCCCCCc1cnc(C2CCC(CCC3CCC(CCCC)CC3)CC2)nc1.